The second kappa shape index (κ2) is 5.65. The summed E-state index contributed by atoms with van der Waals surface area (Å²) in [7, 11) is 0. The highest BCUT2D eigenvalue weighted by atomic mass is 32.2. The Morgan fingerprint density at radius 3 is 2.68 bits per heavy atom. The summed E-state index contributed by atoms with van der Waals surface area (Å²) in [5.74, 6) is 1.31. The van der Waals surface area contributed by atoms with Gasteiger partial charge in [-0.2, -0.15) is 11.8 Å². The molecule has 4 heteroatoms. The molecule has 19 heavy (non-hydrogen) atoms. The zero-order valence-electron chi connectivity index (χ0n) is 11.8. The summed E-state index contributed by atoms with van der Waals surface area (Å²) >= 11 is 2.02. The summed E-state index contributed by atoms with van der Waals surface area (Å²) in [5.41, 5.74) is 0. The Hall–Kier alpha value is -0.220. The van der Waals surface area contributed by atoms with Crippen molar-refractivity contribution in [1.29, 1.82) is 0 Å². The van der Waals surface area contributed by atoms with Crippen LogP contribution < -0.4 is 0 Å². The van der Waals surface area contributed by atoms with Gasteiger partial charge in [0.05, 0.1) is 0 Å². The average Bonchev–Trinajstić information content (AvgIpc) is 2.83. The lowest BCUT2D eigenvalue weighted by Gasteiger charge is -2.49. The molecule has 0 spiro atoms. The van der Waals surface area contributed by atoms with Crippen LogP contribution in [-0.2, 0) is 4.79 Å². The number of hydrogen-bond acceptors (Lipinski definition) is 3. The molecule has 108 valence electrons. The van der Waals surface area contributed by atoms with E-state index in [2.05, 4.69) is 11.8 Å². The quantitative estimate of drug-likeness (QED) is 0.846. The van der Waals surface area contributed by atoms with Gasteiger partial charge >= 0.3 is 5.97 Å². The number of carboxylic acids is 1. The van der Waals surface area contributed by atoms with E-state index in [4.69, 9.17) is 0 Å². The van der Waals surface area contributed by atoms with Crippen molar-refractivity contribution < 1.29 is 9.90 Å². The van der Waals surface area contributed by atoms with Gasteiger partial charge in [0.1, 0.15) is 6.04 Å². The zero-order valence-corrected chi connectivity index (χ0v) is 12.6. The van der Waals surface area contributed by atoms with Crippen LogP contribution in [0.1, 0.15) is 51.9 Å². The molecule has 1 aliphatic carbocycles. The van der Waals surface area contributed by atoms with Gasteiger partial charge in [-0.25, -0.2) is 0 Å². The van der Waals surface area contributed by atoms with Crippen molar-refractivity contribution in [3.05, 3.63) is 0 Å². The van der Waals surface area contributed by atoms with E-state index >= 15 is 0 Å². The Bertz CT molecular complexity index is 349. The van der Waals surface area contributed by atoms with Crippen LogP contribution in [0.15, 0.2) is 0 Å². The van der Waals surface area contributed by atoms with E-state index in [1.807, 2.05) is 11.8 Å². The SMILES string of the molecule is CC1CC(N2C(C(=O)O)CCC3CCCCC32)CS1. The fourth-order valence-electron chi connectivity index (χ4n) is 4.45. The number of hydrogen-bond donors (Lipinski definition) is 1. The summed E-state index contributed by atoms with van der Waals surface area (Å²) in [4.78, 5) is 14.1. The van der Waals surface area contributed by atoms with Gasteiger partial charge in [0.2, 0.25) is 0 Å². The molecule has 0 aromatic heterocycles. The first-order valence-electron chi connectivity index (χ1n) is 7.78. The third kappa shape index (κ3) is 2.66. The maximum absolute atomic E-state index is 11.6. The average molecular weight is 283 g/mol. The Kier molecular flexibility index (Phi) is 4.08. The Balaban J connectivity index is 1.81. The molecule has 0 aromatic rings. The van der Waals surface area contributed by atoms with Crippen molar-refractivity contribution in [3.63, 3.8) is 0 Å². The van der Waals surface area contributed by atoms with E-state index in [1.165, 1.54) is 32.1 Å². The van der Waals surface area contributed by atoms with Crippen LogP contribution >= 0.6 is 11.8 Å². The Morgan fingerprint density at radius 2 is 2.00 bits per heavy atom. The lowest BCUT2D eigenvalue weighted by Crippen LogP contribution is -2.59. The number of rotatable bonds is 2. The number of aliphatic carboxylic acids is 1. The number of fused-ring (bicyclic) bond motifs is 1. The summed E-state index contributed by atoms with van der Waals surface area (Å²) in [6, 6.07) is 0.849. The van der Waals surface area contributed by atoms with E-state index in [0.717, 1.165) is 24.5 Å². The third-order valence-electron chi connectivity index (χ3n) is 5.31. The zero-order chi connectivity index (χ0) is 13.4. The summed E-state index contributed by atoms with van der Waals surface area (Å²) in [5, 5.41) is 10.3. The molecule has 1 N–H and O–H groups in total. The summed E-state index contributed by atoms with van der Waals surface area (Å²) in [6.45, 7) is 2.28. The molecular formula is C15H25NO2S. The first-order valence-corrected chi connectivity index (χ1v) is 8.83. The van der Waals surface area contributed by atoms with Crippen LogP contribution in [0, 0.1) is 5.92 Å². The van der Waals surface area contributed by atoms with Gasteiger partial charge < -0.3 is 5.11 Å². The highest BCUT2D eigenvalue weighted by Gasteiger charge is 2.45. The summed E-state index contributed by atoms with van der Waals surface area (Å²) in [6.07, 6.45) is 8.37. The van der Waals surface area contributed by atoms with Gasteiger partial charge in [-0.05, 0) is 38.0 Å². The van der Waals surface area contributed by atoms with E-state index in [1.54, 1.807) is 0 Å². The first kappa shape index (κ1) is 13.7. The second-order valence-corrected chi connectivity index (χ2v) is 8.00. The van der Waals surface area contributed by atoms with Crippen LogP contribution in [0.2, 0.25) is 0 Å². The van der Waals surface area contributed by atoms with Crippen LogP contribution in [-0.4, -0.2) is 45.1 Å². The van der Waals surface area contributed by atoms with Gasteiger partial charge in [-0.15, -0.1) is 0 Å². The monoisotopic (exact) mass is 283 g/mol. The third-order valence-corrected chi connectivity index (χ3v) is 6.65. The minimum atomic E-state index is -0.589. The fraction of sp³-hybridized carbons (Fsp3) is 0.933. The largest absolute Gasteiger partial charge is 0.480 e. The molecule has 0 aromatic carbocycles. The number of carboxylic acid groups (broad SMARTS) is 1. The second-order valence-electron chi connectivity index (χ2n) is 6.52. The lowest BCUT2D eigenvalue weighted by molar-refractivity contribution is -0.150. The number of thioether (sulfide) groups is 1. The standard InChI is InChI=1S/C15H25NO2S/c1-10-8-12(9-19-10)16-13-5-3-2-4-11(13)6-7-14(16)15(17)18/h10-14H,2-9H2,1H3,(H,17,18). The lowest BCUT2D eigenvalue weighted by atomic mass is 9.75. The molecule has 0 amide bonds. The topological polar surface area (TPSA) is 40.5 Å². The Morgan fingerprint density at radius 1 is 1.21 bits per heavy atom. The van der Waals surface area contributed by atoms with Crippen molar-refractivity contribution >= 4 is 17.7 Å². The minimum Gasteiger partial charge on any atom is -0.480 e. The van der Waals surface area contributed by atoms with Crippen molar-refractivity contribution in [1.82, 2.24) is 4.90 Å². The molecule has 1 saturated carbocycles. The van der Waals surface area contributed by atoms with Crippen LogP contribution in [0.4, 0.5) is 0 Å². The molecule has 0 bridgehead atoms. The Labute approximate surface area is 120 Å². The molecule has 3 aliphatic rings. The van der Waals surface area contributed by atoms with Gasteiger partial charge in [0, 0.05) is 23.1 Å². The van der Waals surface area contributed by atoms with Crippen molar-refractivity contribution in [2.45, 2.75) is 75.2 Å². The number of nitrogens with zero attached hydrogens (tertiary/aromatic N) is 1. The molecule has 2 saturated heterocycles. The van der Waals surface area contributed by atoms with E-state index < -0.39 is 5.97 Å². The number of likely N-dealkylation sites (tertiary alicyclic amines) is 1. The highest BCUT2D eigenvalue weighted by molar-refractivity contribution is 8.00. The van der Waals surface area contributed by atoms with Crippen molar-refractivity contribution in [3.8, 4) is 0 Å². The maximum atomic E-state index is 11.6. The van der Waals surface area contributed by atoms with Gasteiger partial charge in [-0.1, -0.05) is 19.8 Å². The molecule has 5 unspecified atom stereocenters. The summed E-state index contributed by atoms with van der Waals surface area (Å²) < 4.78 is 0. The fourth-order valence-corrected chi connectivity index (χ4v) is 5.67. The molecule has 5 atom stereocenters. The number of carbonyl (C=O) groups is 1. The van der Waals surface area contributed by atoms with Crippen molar-refractivity contribution in [2.75, 3.05) is 5.75 Å². The van der Waals surface area contributed by atoms with Gasteiger partial charge in [0.25, 0.3) is 0 Å². The van der Waals surface area contributed by atoms with E-state index in [0.29, 0.717) is 17.3 Å². The molecule has 3 nitrogen and oxygen atoms in total. The van der Waals surface area contributed by atoms with Crippen molar-refractivity contribution in [2.24, 2.45) is 5.92 Å². The van der Waals surface area contributed by atoms with Gasteiger partial charge in [-0.3, -0.25) is 9.69 Å². The number of piperidine rings is 1. The predicted molar refractivity (Wildman–Crippen MR) is 78.6 cm³/mol. The van der Waals surface area contributed by atoms with Crippen LogP contribution in [0.3, 0.4) is 0 Å². The first-order chi connectivity index (χ1) is 9.16. The molecule has 3 rings (SSSR count). The molecule has 2 heterocycles. The maximum Gasteiger partial charge on any atom is 0.320 e. The van der Waals surface area contributed by atoms with E-state index in [9.17, 15) is 9.90 Å². The van der Waals surface area contributed by atoms with Gasteiger partial charge in [0.15, 0.2) is 0 Å². The highest BCUT2D eigenvalue weighted by Crippen LogP contribution is 2.42. The predicted octanol–water partition coefficient (Wildman–Crippen LogP) is 2.99. The van der Waals surface area contributed by atoms with Crippen LogP contribution in [0.5, 0.6) is 0 Å². The molecular weight excluding hydrogens is 258 g/mol. The normalized spacial score (nSPS) is 43.9. The minimum absolute atomic E-state index is 0.213. The molecule has 0 radical (unpaired) electrons. The molecule has 3 fully saturated rings. The van der Waals surface area contributed by atoms with Crippen LogP contribution in [0.25, 0.3) is 0 Å². The smallest absolute Gasteiger partial charge is 0.320 e. The van der Waals surface area contributed by atoms with E-state index in [-0.39, 0.29) is 6.04 Å². The molecule has 2 aliphatic heterocycles.